The van der Waals surface area contributed by atoms with Crippen LogP contribution in [0.1, 0.15) is 16.1 Å². The van der Waals surface area contributed by atoms with E-state index in [1.807, 2.05) is 30.3 Å². The van der Waals surface area contributed by atoms with Gasteiger partial charge in [0, 0.05) is 16.6 Å². The Balaban J connectivity index is 2.25. The molecule has 0 amide bonds. The Morgan fingerprint density at radius 1 is 1.15 bits per heavy atom. The van der Waals surface area contributed by atoms with Crippen molar-refractivity contribution in [1.82, 2.24) is 9.97 Å². The molecule has 0 radical (unpaired) electrons. The van der Waals surface area contributed by atoms with Crippen molar-refractivity contribution in [2.45, 2.75) is 6.92 Å². The van der Waals surface area contributed by atoms with Gasteiger partial charge in [0.1, 0.15) is 0 Å². The molecule has 0 atom stereocenters. The fourth-order valence-corrected chi connectivity index (χ4v) is 2.26. The molecule has 5 nitrogen and oxygen atoms in total. The third kappa shape index (κ3) is 1.89. The van der Waals surface area contributed by atoms with Gasteiger partial charge >= 0.3 is 5.97 Å². The molecular formula is C15H12N2O3. The van der Waals surface area contributed by atoms with Crippen LogP contribution in [0.4, 0.5) is 0 Å². The summed E-state index contributed by atoms with van der Waals surface area (Å²) in [6.07, 6.45) is 0. The Morgan fingerprint density at radius 3 is 2.60 bits per heavy atom. The van der Waals surface area contributed by atoms with Gasteiger partial charge in [-0.25, -0.2) is 4.79 Å². The number of para-hydroxylation sites is 1. The van der Waals surface area contributed by atoms with Crippen LogP contribution in [0.15, 0.2) is 41.2 Å². The summed E-state index contributed by atoms with van der Waals surface area (Å²) in [5.41, 5.74) is 1.97. The number of pyridine rings is 1. The summed E-state index contributed by atoms with van der Waals surface area (Å²) in [6, 6.07) is 10.9. The van der Waals surface area contributed by atoms with Crippen molar-refractivity contribution in [3.05, 3.63) is 58.0 Å². The van der Waals surface area contributed by atoms with Crippen molar-refractivity contribution < 1.29 is 9.90 Å². The third-order valence-electron chi connectivity index (χ3n) is 3.29. The van der Waals surface area contributed by atoms with Crippen LogP contribution in [0.25, 0.3) is 22.2 Å². The topological polar surface area (TPSA) is 86.0 Å². The van der Waals surface area contributed by atoms with E-state index in [0.29, 0.717) is 17.0 Å². The molecule has 3 aromatic rings. The lowest BCUT2D eigenvalue weighted by atomic mass is 10.1. The Morgan fingerprint density at radius 2 is 1.90 bits per heavy atom. The van der Waals surface area contributed by atoms with Crippen molar-refractivity contribution >= 4 is 16.9 Å². The quantitative estimate of drug-likeness (QED) is 0.667. The average Bonchev–Trinajstić information content (AvgIpc) is 2.81. The number of aromatic nitrogens is 2. The molecule has 3 N–H and O–H groups in total. The SMILES string of the molecule is Cc1[nH]c(=O)c(-c2cc3ccccc3[nH]2)cc1C(=O)O. The molecule has 0 aliphatic heterocycles. The minimum atomic E-state index is -1.06. The van der Waals surface area contributed by atoms with Crippen LogP contribution in [0.2, 0.25) is 0 Å². The molecule has 20 heavy (non-hydrogen) atoms. The monoisotopic (exact) mass is 268 g/mol. The lowest BCUT2D eigenvalue weighted by molar-refractivity contribution is 0.0695. The van der Waals surface area contributed by atoms with E-state index in [1.54, 1.807) is 6.92 Å². The number of aromatic amines is 2. The maximum atomic E-state index is 12.0. The first-order valence-electron chi connectivity index (χ1n) is 6.11. The molecule has 3 rings (SSSR count). The Bertz CT molecular complexity index is 841. The second-order valence-corrected chi connectivity index (χ2v) is 4.63. The lowest BCUT2D eigenvalue weighted by Gasteiger charge is -2.03. The highest BCUT2D eigenvalue weighted by molar-refractivity contribution is 5.91. The Kier molecular flexibility index (Phi) is 2.68. The van der Waals surface area contributed by atoms with Gasteiger partial charge in [0.2, 0.25) is 0 Å². The second-order valence-electron chi connectivity index (χ2n) is 4.63. The van der Waals surface area contributed by atoms with Crippen LogP contribution in [-0.2, 0) is 0 Å². The number of rotatable bonds is 2. The van der Waals surface area contributed by atoms with Crippen molar-refractivity contribution in [3.63, 3.8) is 0 Å². The molecule has 0 unspecified atom stereocenters. The van der Waals surface area contributed by atoms with Crippen molar-refractivity contribution in [1.29, 1.82) is 0 Å². The number of carbonyl (C=O) groups is 1. The summed E-state index contributed by atoms with van der Waals surface area (Å²) in [5.74, 6) is -1.06. The van der Waals surface area contributed by atoms with Crippen LogP contribution in [0, 0.1) is 6.92 Å². The molecule has 0 fully saturated rings. The van der Waals surface area contributed by atoms with Gasteiger partial charge in [-0.15, -0.1) is 0 Å². The Hall–Kier alpha value is -2.82. The molecular weight excluding hydrogens is 256 g/mol. The number of carboxylic acid groups (broad SMARTS) is 1. The Labute approximate surface area is 113 Å². The highest BCUT2D eigenvalue weighted by Crippen LogP contribution is 2.22. The predicted molar refractivity (Wildman–Crippen MR) is 76.1 cm³/mol. The zero-order valence-electron chi connectivity index (χ0n) is 10.7. The van der Waals surface area contributed by atoms with E-state index in [1.165, 1.54) is 6.07 Å². The summed E-state index contributed by atoms with van der Waals surface area (Å²) in [7, 11) is 0. The van der Waals surface area contributed by atoms with Gasteiger partial charge in [0.25, 0.3) is 5.56 Å². The standard InChI is InChI=1S/C15H12N2O3/c1-8-10(15(19)20)7-11(14(18)16-8)13-6-9-4-2-3-5-12(9)17-13/h2-7,17H,1H3,(H,16,18)(H,19,20). The van der Waals surface area contributed by atoms with Crippen LogP contribution in [0.5, 0.6) is 0 Å². The number of carboxylic acids is 1. The molecule has 0 bridgehead atoms. The van der Waals surface area contributed by atoms with Crippen molar-refractivity contribution in [2.75, 3.05) is 0 Å². The van der Waals surface area contributed by atoms with Crippen molar-refractivity contribution in [3.8, 4) is 11.3 Å². The largest absolute Gasteiger partial charge is 0.478 e. The smallest absolute Gasteiger partial charge is 0.337 e. The second kappa shape index (κ2) is 4.38. The van der Waals surface area contributed by atoms with Crippen LogP contribution in [-0.4, -0.2) is 21.0 Å². The minimum Gasteiger partial charge on any atom is -0.478 e. The minimum absolute atomic E-state index is 0.0956. The maximum absolute atomic E-state index is 12.0. The van der Waals surface area contributed by atoms with Gasteiger partial charge in [-0.3, -0.25) is 4.79 Å². The summed E-state index contributed by atoms with van der Waals surface area (Å²) in [5, 5.41) is 10.1. The number of aryl methyl sites for hydroxylation is 1. The lowest BCUT2D eigenvalue weighted by Crippen LogP contribution is -2.14. The molecule has 0 saturated carbocycles. The summed E-state index contributed by atoms with van der Waals surface area (Å²) in [4.78, 5) is 28.9. The van der Waals surface area contributed by atoms with E-state index < -0.39 is 5.97 Å². The first-order chi connectivity index (χ1) is 9.56. The fraction of sp³-hybridized carbons (Fsp3) is 0.0667. The van der Waals surface area contributed by atoms with E-state index in [9.17, 15) is 9.59 Å². The third-order valence-corrected chi connectivity index (χ3v) is 3.29. The summed E-state index contributed by atoms with van der Waals surface area (Å²) >= 11 is 0. The van der Waals surface area contributed by atoms with Crippen LogP contribution >= 0.6 is 0 Å². The van der Waals surface area contributed by atoms with E-state index in [0.717, 1.165) is 10.9 Å². The first kappa shape index (κ1) is 12.2. The van der Waals surface area contributed by atoms with E-state index in [2.05, 4.69) is 9.97 Å². The predicted octanol–water partition coefficient (Wildman–Crippen LogP) is 2.53. The molecule has 0 spiro atoms. The molecule has 5 heteroatoms. The molecule has 0 aliphatic carbocycles. The van der Waals surface area contributed by atoms with E-state index >= 15 is 0 Å². The summed E-state index contributed by atoms with van der Waals surface area (Å²) in [6.45, 7) is 1.57. The number of H-pyrrole nitrogens is 2. The highest BCUT2D eigenvalue weighted by Gasteiger charge is 2.14. The van der Waals surface area contributed by atoms with Gasteiger partial charge in [0.15, 0.2) is 0 Å². The summed E-state index contributed by atoms with van der Waals surface area (Å²) < 4.78 is 0. The molecule has 1 aromatic carbocycles. The number of nitrogens with one attached hydrogen (secondary N) is 2. The molecule has 0 aliphatic rings. The van der Waals surface area contributed by atoms with Crippen LogP contribution < -0.4 is 5.56 Å². The molecule has 2 heterocycles. The first-order valence-corrected chi connectivity index (χ1v) is 6.11. The number of hydrogen-bond acceptors (Lipinski definition) is 2. The number of fused-ring (bicyclic) bond motifs is 1. The van der Waals surface area contributed by atoms with Crippen molar-refractivity contribution in [2.24, 2.45) is 0 Å². The van der Waals surface area contributed by atoms with Crippen LogP contribution in [0.3, 0.4) is 0 Å². The molecule has 2 aromatic heterocycles. The van der Waals surface area contributed by atoms with Gasteiger partial charge in [-0.1, -0.05) is 18.2 Å². The zero-order valence-corrected chi connectivity index (χ0v) is 10.7. The average molecular weight is 268 g/mol. The maximum Gasteiger partial charge on any atom is 0.337 e. The highest BCUT2D eigenvalue weighted by atomic mass is 16.4. The van der Waals surface area contributed by atoms with Gasteiger partial charge < -0.3 is 15.1 Å². The van der Waals surface area contributed by atoms with E-state index in [-0.39, 0.29) is 11.1 Å². The van der Waals surface area contributed by atoms with E-state index in [4.69, 9.17) is 5.11 Å². The zero-order chi connectivity index (χ0) is 14.3. The number of benzene rings is 1. The normalized spacial score (nSPS) is 10.8. The number of hydrogen-bond donors (Lipinski definition) is 3. The van der Waals surface area contributed by atoms with Gasteiger partial charge in [0.05, 0.1) is 16.8 Å². The van der Waals surface area contributed by atoms with Gasteiger partial charge in [-0.05, 0) is 25.1 Å². The molecule has 100 valence electrons. The molecule has 0 saturated heterocycles. The number of aromatic carboxylic acids is 1. The van der Waals surface area contributed by atoms with Gasteiger partial charge in [-0.2, -0.15) is 0 Å². The fourth-order valence-electron chi connectivity index (χ4n) is 2.26.